The van der Waals surface area contributed by atoms with Gasteiger partial charge >= 0.3 is 0 Å². The Labute approximate surface area is 110 Å². The Morgan fingerprint density at radius 2 is 2.11 bits per heavy atom. The highest BCUT2D eigenvalue weighted by molar-refractivity contribution is 5.83. The number of carbonyl (C=O) groups is 1. The molecule has 1 aliphatic carbocycles. The summed E-state index contributed by atoms with van der Waals surface area (Å²) in [7, 11) is 0. The molecule has 0 aromatic rings. The van der Waals surface area contributed by atoms with E-state index in [0.29, 0.717) is 12.6 Å². The zero-order valence-electron chi connectivity index (χ0n) is 11.6. The number of amides is 1. The minimum atomic E-state index is -0.255. The van der Waals surface area contributed by atoms with Crippen LogP contribution < -0.4 is 11.1 Å². The number of nitrogens with one attached hydrogen (secondary N) is 1. The van der Waals surface area contributed by atoms with Crippen molar-refractivity contribution in [2.45, 2.75) is 51.5 Å². The lowest BCUT2D eigenvalue weighted by Crippen LogP contribution is -2.53. The summed E-state index contributed by atoms with van der Waals surface area (Å²) in [4.78, 5) is 14.9. The van der Waals surface area contributed by atoms with Gasteiger partial charge in [0.15, 0.2) is 0 Å². The lowest BCUT2D eigenvalue weighted by atomic mass is 9.85. The van der Waals surface area contributed by atoms with Gasteiger partial charge in [-0.3, -0.25) is 4.79 Å². The van der Waals surface area contributed by atoms with Crippen LogP contribution in [0.1, 0.15) is 45.4 Å². The Morgan fingerprint density at radius 3 is 2.72 bits per heavy atom. The maximum Gasteiger partial charge on any atom is 0.227 e. The topological polar surface area (TPSA) is 58.4 Å². The smallest absolute Gasteiger partial charge is 0.227 e. The van der Waals surface area contributed by atoms with E-state index in [2.05, 4.69) is 17.1 Å². The second-order valence-electron chi connectivity index (χ2n) is 5.90. The van der Waals surface area contributed by atoms with Crippen LogP contribution in [0.4, 0.5) is 0 Å². The standard InChI is InChI=1S/C14H27N3O/c1-2-17-9-5-6-12(10-17)16-13(18)14(11-15)7-3-4-8-14/h12H,2-11,15H2,1H3,(H,16,18). The van der Waals surface area contributed by atoms with Crippen molar-refractivity contribution in [2.75, 3.05) is 26.2 Å². The van der Waals surface area contributed by atoms with Crippen molar-refractivity contribution in [1.29, 1.82) is 0 Å². The van der Waals surface area contributed by atoms with Gasteiger partial charge < -0.3 is 16.0 Å². The fourth-order valence-electron chi connectivity index (χ4n) is 3.37. The maximum atomic E-state index is 12.5. The first kappa shape index (κ1) is 13.8. The van der Waals surface area contributed by atoms with Crippen molar-refractivity contribution in [3.8, 4) is 0 Å². The Bertz CT molecular complexity index is 287. The van der Waals surface area contributed by atoms with Crippen LogP contribution in [0.15, 0.2) is 0 Å². The molecular formula is C14H27N3O. The summed E-state index contributed by atoms with van der Waals surface area (Å²) < 4.78 is 0. The van der Waals surface area contributed by atoms with E-state index in [9.17, 15) is 4.79 Å². The molecule has 1 aliphatic heterocycles. The molecule has 3 N–H and O–H groups in total. The van der Waals surface area contributed by atoms with Gasteiger partial charge in [0.2, 0.25) is 5.91 Å². The van der Waals surface area contributed by atoms with E-state index in [1.807, 2.05) is 0 Å². The normalized spacial score (nSPS) is 28.2. The largest absolute Gasteiger partial charge is 0.352 e. The molecule has 0 spiro atoms. The molecule has 18 heavy (non-hydrogen) atoms. The van der Waals surface area contributed by atoms with Crippen molar-refractivity contribution < 1.29 is 4.79 Å². The zero-order valence-corrected chi connectivity index (χ0v) is 11.6. The van der Waals surface area contributed by atoms with Gasteiger partial charge in [0.05, 0.1) is 5.41 Å². The SMILES string of the molecule is CCN1CCCC(NC(=O)C2(CN)CCCC2)C1. The molecule has 2 rings (SSSR count). The molecule has 2 aliphatic rings. The lowest BCUT2D eigenvalue weighted by Gasteiger charge is -2.35. The Hall–Kier alpha value is -0.610. The predicted molar refractivity (Wildman–Crippen MR) is 73.2 cm³/mol. The number of hydrogen-bond donors (Lipinski definition) is 2. The van der Waals surface area contributed by atoms with Crippen molar-refractivity contribution in [3.05, 3.63) is 0 Å². The van der Waals surface area contributed by atoms with Gasteiger partial charge in [0.25, 0.3) is 0 Å². The lowest BCUT2D eigenvalue weighted by molar-refractivity contribution is -0.131. The average Bonchev–Trinajstić information content (AvgIpc) is 2.89. The van der Waals surface area contributed by atoms with Crippen LogP contribution in [0.3, 0.4) is 0 Å². The van der Waals surface area contributed by atoms with E-state index in [4.69, 9.17) is 5.73 Å². The number of piperidine rings is 1. The van der Waals surface area contributed by atoms with Crippen LogP contribution in [-0.2, 0) is 4.79 Å². The first-order valence-electron chi connectivity index (χ1n) is 7.43. The first-order valence-corrected chi connectivity index (χ1v) is 7.43. The summed E-state index contributed by atoms with van der Waals surface area (Å²) in [6, 6.07) is 0.329. The summed E-state index contributed by atoms with van der Waals surface area (Å²) in [5, 5.41) is 3.26. The summed E-state index contributed by atoms with van der Waals surface area (Å²) in [5.74, 6) is 0.213. The molecule has 104 valence electrons. The highest BCUT2D eigenvalue weighted by Crippen LogP contribution is 2.37. The number of likely N-dealkylation sites (tertiary alicyclic amines) is 1. The summed E-state index contributed by atoms with van der Waals surface area (Å²) in [5.41, 5.74) is 5.60. The number of rotatable bonds is 4. The highest BCUT2D eigenvalue weighted by Gasteiger charge is 2.40. The van der Waals surface area contributed by atoms with Crippen LogP contribution >= 0.6 is 0 Å². The molecule has 0 radical (unpaired) electrons. The van der Waals surface area contributed by atoms with E-state index in [-0.39, 0.29) is 11.3 Å². The van der Waals surface area contributed by atoms with Crippen LogP contribution in [0, 0.1) is 5.41 Å². The summed E-state index contributed by atoms with van der Waals surface area (Å²) in [6.07, 6.45) is 6.54. The van der Waals surface area contributed by atoms with Gasteiger partial charge in [-0.25, -0.2) is 0 Å². The van der Waals surface area contributed by atoms with Crippen LogP contribution in [0.25, 0.3) is 0 Å². The monoisotopic (exact) mass is 253 g/mol. The Kier molecular flexibility index (Phi) is 4.62. The van der Waals surface area contributed by atoms with Gasteiger partial charge in [0, 0.05) is 19.1 Å². The molecule has 4 heteroatoms. The molecule has 1 unspecified atom stereocenters. The minimum absolute atomic E-state index is 0.213. The molecule has 4 nitrogen and oxygen atoms in total. The molecule has 1 saturated carbocycles. The van der Waals surface area contributed by atoms with E-state index in [1.165, 1.54) is 13.0 Å². The van der Waals surface area contributed by atoms with Crippen molar-refractivity contribution in [2.24, 2.45) is 11.1 Å². The van der Waals surface area contributed by atoms with Gasteiger partial charge in [0.1, 0.15) is 0 Å². The first-order chi connectivity index (χ1) is 8.70. The Balaban J connectivity index is 1.90. The third-order valence-electron chi connectivity index (χ3n) is 4.72. The number of likely N-dealkylation sites (N-methyl/N-ethyl adjacent to an activating group) is 1. The maximum absolute atomic E-state index is 12.5. The van der Waals surface area contributed by atoms with Crippen molar-refractivity contribution in [1.82, 2.24) is 10.2 Å². The molecule has 2 fully saturated rings. The fourth-order valence-corrected chi connectivity index (χ4v) is 3.37. The van der Waals surface area contributed by atoms with Crippen LogP contribution in [0.5, 0.6) is 0 Å². The van der Waals surface area contributed by atoms with Gasteiger partial charge in [-0.15, -0.1) is 0 Å². The molecule has 0 bridgehead atoms. The Morgan fingerprint density at radius 1 is 1.39 bits per heavy atom. The third kappa shape index (κ3) is 2.86. The summed E-state index contributed by atoms with van der Waals surface area (Å²) >= 11 is 0. The second-order valence-corrected chi connectivity index (χ2v) is 5.90. The van der Waals surface area contributed by atoms with E-state index < -0.39 is 0 Å². The molecule has 1 saturated heterocycles. The molecule has 1 amide bonds. The molecular weight excluding hydrogens is 226 g/mol. The van der Waals surface area contributed by atoms with E-state index >= 15 is 0 Å². The molecule has 0 aromatic heterocycles. The third-order valence-corrected chi connectivity index (χ3v) is 4.72. The molecule has 1 atom stereocenters. The number of nitrogens with zero attached hydrogens (tertiary/aromatic N) is 1. The summed E-state index contributed by atoms with van der Waals surface area (Å²) in [6.45, 7) is 5.94. The minimum Gasteiger partial charge on any atom is -0.352 e. The zero-order chi connectivity index (χ0) is 13.0. The van der Waals surface area contributed by atoms with Gasteiger partial charge in [-0.2, -0.15) is 0 Å². The van der Waals surface area contributed by atoms with Crippen LogP contribution in [0.2, 0.25) is 0 Å². The quantitative estimate of drug-likeness (QED) is 0.789. The van der Waals surface area contributed by atoms with E-state index in [1.54, 1.807) is 0 Å². The van der Waals surface area contributed by atoms with E-state index in [0.717, 1.165) is 45.2 Å². The molecule has 0 aromatic carbocycles. The highest BCUT2D eigenvalue weighted by atomic mass is 16.2. The average molecular weight is 253 g/mol. The van der Waals surface area contributed by atoms with Crippen molar-refractivity contribution in [3.63, 3.8) is 0 Å². The number of hydrogen-bond acceptors (Lipinski definition) is 3. The van der Waals surface area contributed by atoms with Gasteiger partial charge in [-0.1, -0.05) is 19.8 Å². The van der Waals surface area contributed by atoms with Crippen molar-refractivity contribution >= 4 is 5.91 Å². The number of nitrogens with two attached hydrogens (primary N) is 1. The fraction of sp³-hybridized carbons (Fsp3) is 0.929. The second kappa shape index (κ2) is 6.02. The molecule has 1 heterocycles. The number of carbonyl (C=O) groups excluding carboxylic acids is 1. The van der Waals surface area contributed by atoms with Gasteiger partial charge in [-0.05, 0) is 38.8 Å². The predicted octanol–water partition coefficient (Wildman–Crippen LogP) is 1.11. The van der Waals surface area contributed by atoms with Crippen LogP contribution in [-0.4, -0.2) is 43.0 Å².